The number of sulfonamides is 1. The van der Waals surface area contributed by atoms with Gasteiger partial charge in [-0.1, -0.05) is 6.07 Å². The minimum atomic E-state index is -3.96. The van der Waals surface area contributed by atoms with Crippen molar-refractivity contribution < 1.29 is 23.1 Å². The number of carbonyl (C=O) groups is 1. The lowest BCUT2D eigenvalue weighted by atomic mass is 10.1. The highest BCUT2D eigenvalue weighted by Crippen LogP contribution is 2.28. The third-order valence-electron chi connectivity index (χ3n) is 4.07. The van der Waals surface area contributed by atoms with Gasteiger partial charge in [-0.15, -0.1) is 0 Å². The lowest BCUT2D eigenvalue weighted by molar-refractivity contribution is -0.149. The van der Waals surface area contributed by atoms with Gasteiger partial charge in [-0.05, 0) is 44.0 Å². The molecule has 0 amide bonds. The van der Waals surface area contributed by atoms with Crippen molar-refractivity contribution in [3.8, 4) is 6.07 Å². The molecule has 0 aromatic heterocycles. The van der Waals surface area contributed by atoms with E-state index >= 15 is 0 Å². The Labute approximate surface area is 141 Å². The molecule has 1 N–H and O–H groups in total. The van der Waals surface area contributed by atoms with E-state index in [0.717, 1.165) is 15.4 Å². The molecule has 1 saturated heterocycles. The second kappa shape index (κ2) is 6.89. The molecule has 0 bridgehead atoms. The Morgan fingerprint density at radius 3 is 2.67 bits per heavy atom. The first kappa shape index (κ1) is 18.4. The van der Waals surface area contributed by atoms with Crippen LogP contribution >= 0.6 is 0 Å². The zero-order chi connectivity index (χ0) is 18.1. The third-order valence-corrected chi connectivity index (χ3v) is 5.94. The van der Waals surface area contributed by atoms with Gasteiger partial charge in [0.2, 0.25) is 10.0 Å². The van der Waals surface area contributed by atoms with Crippen LogP contribution in [0.1, 0.15) is 24.5 Å². The topological polar surface area (TPSA) is 108 Å². The summed E-state index contributed by atoms with van der Waals surface area (Å²) in [7, 11) is -3.96. The van der Waals surface area contributed by atoms with Crippen molar-refractivity contribution in [1.82, 2.24) is 4.31 Å². The highest BCUT2D eigenvalue weighted by atomic mass is 32.2. The fraction of sp³-hybridized carbons (Fsp3) is 0.500. The van der Waals surface area contributed by atoms with Gasteiger partial charge in [0.25, 0.3) is 0 Å². The Bertz CT molecular complexity index is 784. The zero-order valence-electron chi connectivity index (χ0n) is 13.8. The Morgan fingerprint density at radius 1 is 1.42 bits per heavy atom. The first-order chi connectivity index (χ1) is 11.2. The number of nitriles is 1. The Balaban J connectivity index is 2.34. The summed E-state index contributed by atoms with van der Waals surface area (Å²) in [5.74, 6) is -0.826. The quantitative estimate of drug-likeness (QED) is 0.806. The van der Waals surface area contributed by atoms with Crippen LogP contribution < -0.4 is 0 Å². The van der Waals surface area contributed by atoms with Crippen LogP contribution in [0, 0.1) is 25.2 Å². The maximum absolute atomic E-state index is 12.9. The van der Waals surface area contributed by atoms with E-state index in [9.17, 15) is 18.3 Å². The van der Waals surface area contributed by atoms with Gasteiger partial charge in [0.1, 0.15) is 12.1 Å². The minimum absolute atomic E-state index is 0.0545. The summed E-state index contributed by atoms with van der Waals surface area (Å²) in [5, 5.41) is 18.6. The number of aliphatic hydroxyl groups is 1. The zero-order valence-corrected chi connectivity index (χ0v) is 14.6. The number of aryl methyl sites for hydroxylation is 2. The van der Waals surface area contributed by atoms with Crippen LogP contribution in [0.5, 0.6) is 0 Å². The number of hydrogen-bond donors (Lipinski definition) is 1. The molecule has 0 aliphatic carbocycles. The van der Waals surface area contributed by atoms with Crippen LogP contribution in [0.15, 0.2) is 23.1 Å². The van der Waals surface area contributed by atoms with E-state index in [1.165, 1.54) is 19.1 Å². The van der Waals surface area contributed by atoms with Crippen molar-refractivity contribution in [2.75, 3.05) is 6.54 Å². The molecule has 1 aliphatic heterocycles. The molecule has 24 heavy (non-hydrogen) atoms. The molecule has 0 saturated carbocycles. The second-order valence-corrected chi connectivity index (χ2v) is 7.82. The molecule has 1 aromatic rings. The summed E-state index contributed by atoms with van der Waals surface area (Å²) >= 11 is 0. The van der Waals surface area contributed by atoms with Gasteiger partial charge in [-0.2, -0.15) is 9.57 Å². The van der Waals surface area contributed by atoms with Gasteiger partial charge >= 0.3 is 5.97 Å². The molecule has 3 atom stereocenters. The molecule has 8 heteroatoms. The normalized spacial score (nSPS) is 22.8. The number of esters is 1. The van der Waals surface area contributed by atoms with E-state index in [-0.39, 0.29) is 17.9 Å². The van der Waals surface area contributed by atoms with Crippen molar-refractivity contribution >= 4 is 16.0 Å². The summed E-state index contributed by atoms with van der Waals surface area (Å²) in [6, 6.07) is 5.33. The smallest absolute Gasteiger partial charge is 0.325 e. The van der Waals surface area contributed by atoms with Crippen LogP contribution in [0.25, 0.3) is 0 Å². The summed E-state index contributed by atoms with van der Waals surface area (Å²) in [6.45, 7) is 4.88. The second-order valence-electron chi connectivity index (χ2n) is 5.93. The highest BCUT2D eigenvalue weighted by molar-refractivity contribution is 7.89. The molecule has 0 unspecified atom stereocenters. The van der Waals surface area contributed by atoms with Gasteiger partial charge < -0.3 is 9.84 Å². The van der Waals surface area contributed by atoms with Crippen LogP contribution in [0.3, 0.4) is 0 Å². The lowest BCUT2D eigenvalue weighted by Gasteiger charge is -2.23. The fourth-order valence-corrected chi connectivity index (χ4v) is 4.27. The van der Waals surface area contributed by atoms with E-state index in [2.05, 4.69) is 0 Å². The van der Waals surface area contributed by atoms with Crippen molar-refractivity contribution in [3.05, 3.63) is 29.3 Å². The first-order valence-corrected chi connectivity index (χ1v) is 8.98. The molecule has 7 nitrogen and oxygen atoms in total. The van der Waals surface area contributed by atoms with E-state index in [1.807, 2.05) is 6.92 Å². The predicted molar refractivity (Wildman–Crippen MR) is 85.4 cm³/mol. The van der Waals surface area contributed by atoms with Crippen molar-refractivity contribution in [2.24, 2.45) is 0 Å². The molecular formula is C16H20N2O5S. The summed E-state index contributed by atoms with van der Waals surface area (Å²) in [5.41, 5.74) is 1.77. The lowest BCUT2D eigenvalue weighted by Crippen LogP contribution is -2.42. The van der Waals surface area contributed by atoms with E-state index in [4.69, 9.17) is 10.00 Å². The van der Waals surface area contributed by atoms with Crippen LogP contribution in [0.2, 0.25) is 0 Å². The number of ether oxygens (including phenoxy) is 1. The molecule has 1 fully saturated rings. The van der Waals surface area contributed by atoms with Gasteiger partial charge in [-0.3, -0.25) is 4.79 Å². The first-order valence-electron chi connectivity index (χ1n) is 7.54. The van der Waals surface area contributed by atoms with Gasteiger partial charge in [0.05, 0.1) is 11.0 Å². The number of carbonyl (C=O) groups excluding carboxylic acids is 1. The number of hydrogen-bond acceptors (Lipinski definition) is 6. The van der Waals surface area contributed by atoms with Gasteiger partial charge in [0, 0.05) is 13.0 Å². The molecule has 1 aromatic carbocycles. The molecule has 2 rings (SSSR count). The van der Waals surface area contributed by atoms with E-state index < -0.39 is 34.2 Å². The third kappa shape index (κ3) is 3.59. The molecule has 130 valence electrons. The Morgan fingerprint density at radius 2 is 2.08 bits per heavy atom. The molecule has 0 spiro atoms. The monoisotopic (exact) mass is 352 g/mol. The average Bonchev–Trinajstić information content (AvgIpc) is 2.92. The molecule has 1 aliphatic rings. The van der Waals surface area contributed by atoms with Crippen LogP contribution in [-0.4, -0.2) is 48.6 Å². The van der Waals surface area contributed by atoms with E-state index in [0.29, 0.717) is 0 Å². The number of nitrogens with zero attached hydrogens (tertiary/aromatic N) is 2. The molecular weight excluding hydrogens is 332 g/mol. The van der Waals surface area contributed by atoms with Crippen molar-refractivity contribution in [1.29, 1.82) is 5.26 Å². The van der Waals surface area contributed by atoms with Gasteiger partial charge in [0.15, 0.2) is 6.10 Å². The Hall–Kier alpha value is -1.95. The molecule has 1 heterocycles. The minimum Gasteiger partial charge on any atom is -0.446 e. The fourth-order valence-electron chi connectivity index (χ4n) is 2.55. The maximum Gasteiger partial charge on any atom is 0.325 e. The number of benzene rings is 1. The van der Waals surface area contributed by atoms with Gasteiger partial charge in [-0.25, -0.2) is 8.42 Å². The number of aliphatic hydroxyl groups excluding tert-OH is 1. The van der Waals surface area contributed by atoms with Crippen molar-refractivity contribution in [3.63, 3.8) is 0 Å². The summed E-state index contributed by atoms with van der Waals surface area (Å²) in [6.07, 6.45) is -2.00. The predicted octanol–water partition coefficient (Wildman–Crippen LogP) is 0.883. The Kier molecular flexibility index (Phi) is 5.28. The van der Waals surface area contributed by atoms with Crippen LogP contribution in [-0.2, 0) is 19.6 Å². The molecule has 0 radical (unpaired) electrons. The SMILES string of the molecule is Cc1ccc(S(=O)(=O)N2C[C@@H](O)C[C@H]2C(=O)O[C@@H](C)C#N)cc1C. The largest absolute Gasteiger partial charge is 0.446 e. The maximum atomic E-state index is 12.9. The standard InChI is InChI=1S/C16H20N2O5S/c1-10-4-5-14(6-11(10)2)24(21,22)18-9-13(19)7-15(18)16(20)23-12(3)8-17/h4-6,12-13,15,19H,7,9H2,1-3H3/t12-,13-,15-/m0/s1. The summed E-state index contributed by atoms with van der Waals surface area (Å²) in [4.78, 5) is 12.2. The average molecular weight is 352 g/mol. The summed E-state index contributed by atoms with van der Waals surface area (Å²) < 4.78 is 31.6. The number of β-amino-alcohol motifs (C(OH)–C–C–N with tert-alkyl or cyclic N) is 1. The van der Waals surface area contributed by atoms with Crippen molar-refractivity contribution in [2.45, 2.75) is 50.3 Å². The van der Waals surface area contributed by atoms with Crippen LogP contribution in [0.4, 0.5) is 0 Å². The van der Waals surface area contributed by atoms with E-state index in [1.54, 1.807) is 19.1 Å². The number of rotatable bonds is 4. The highest BCUT2D eigenvalue weighted by Gasteiger charge is 2.44.